The Morgan fingerprint density at radius 1 is 1.28 bits per heavy atom. The van der Waals surface area contributed by atoms with Gasteiger partial charge in [0.05, 0.1) is 13.1 Å². The molecule has 18 heavy (non-hydrogen) atoms. The van der Waals surface area contributed by atoms with Gasteiger partial charge in [0.2, 0.25) is 11.8 Å². The number of rotatable bonds is 5. The zero-order chi connectivity index (χ0) is 13.5. The van der Waals surface area contributed by atoms with E-state index >= 15 is 0 Å². The first-order valence-corrected chi connectivity index (χ1v) is 6.45. The second kappa shape index (κ2) is 7.33. The molecule has 0 saturated carbocycles. The molecule has 0 radical (unpaired) electrons. The van der Waals surface area contributed by atoms with Crippen LogP contribution >= 0.6 is 0 Å². The minimum atomic E-state index is -0.0411. The monoisotopic (exact) mass is 256 g/mol. The van der Waals surface area contributed by atoms with Crippen molar-refractivity contribution in [2.24, 2.45) is 0 Å². The van der Waals surface area contributed by atoms with Gasteiger partial charge < -0.3 is 15.5 Å². The molecule has 0 unspecified atom stereocenters. The van der Waals surface area contributed by atoms with E-state index in [1.807, 2.05) is 18.7 Å². The number of hydrogen-bond acceptors (Lipinski definition) is 4. The standard InChI is InChI=1S/C12H24N4O2/c1-10(2)14-11(17)8-15(3)9-12(18)16-6-4-13-5-7-16/h10,13H,4-9H2,1-3H3,(H,14,17). The van der Waals surface area contributed by atoms with Gasteiger partial charge >= 0.3 is 0 Å². The number of amides is 2. The van der Waals surface area contributed by atoms with Gasteiger partial charge in [-0.05, 0) is 20.9 Å². The van der Waals surface area contributed by atoms with E-state index in [9.17, 15) is 9.59 Å². The summed E-state index contributed by atoms with van der Waals surface area (Å²) in [5.74, 6) is 0.0527. The maximum atomic E-state index is 11.9. The normalized spacial score (nSPS) is 16.2. The van der Waals surface area contributed by atoms with Crippen LogP contribution in [0.2, 0.25) is 0 Å². The van der Waals surface area contributed by atoms with Crippen molar-refractivity contribution in [3.05, 3.63) is 0 Å². The molecule has 1 aliphatic heterocycles. The van der Waals surface area contributed by atoms with Crippen LogP contribution in [0.15, 0.2) is 0 Å². The number of hydrogen-bond donors (Lipinski definition) is 2. The number of piperazine rings is 1. The predicted molar refractivity (Wildman–Crippen MR) is 70.2 cm³/mol. The molecule has 6 nitrogen and oxygen atoms in total. The van der Waals surface area contributed by atoms with Crippen molar-refractivity contribution < 1.29 is 9.59 Å². The zero-order valence-corrected chi connectivity index (χ0v) is 11.5. The molecular formula is C12H24N4O2. The Hall–Kier alpha value is -1.14. The summed E-state index contributed by atoms with van der Waals surface area (Å²) >= 11 is 0. The second-order valence-electron chi connectivity index (χ2n) is 5.03. The Morgan fingerprint density at radius 3 is 2.44 bits per heavy atom. The van der Waals surface area contributed by atoms with E-state index in [2.05, 4.69) is 10.6 Å². The molecule has 0 aliphatic carbocycles. The van der Waals surface area contributed by atoms with Gasteiger partial charge in [0.1, 0.15) is 0 Å². The van der Waals surface area contributed by atoms with Gasteiger partial charge in [-0.25, -0.2) is 0 Å². The summed E-state index contributed by atoms with van der Waals surface area (Å²) in [7, 11) is 1.79. The van der Waals surface area contributed by atoms with Gasteiger partial charge in [-0.2, -0.15) is 0 Å². The molecule has 0 aromatic rings. The highest BCUT2D eigenvalue weighted by Gasteiger charge is 2.18. The average molecular weight is 256 g/mol. The highest BCUT2D eigenvalue weighted by Crippen LogP contribution is 1.95. The topological polar surface area (TPSA) is 64.7 Å². The maximum Gasteiger partial charge on any atom is 0.236 e. The van der Waals surface area contributed by atoms with Crippen molar-refractivity contribution in [2.75, 3.05) is 46.3 Å². The molecule has 1 aliphatic rings. The van der Waals surface area contributed by atoms with Crippen LogP contribution < -0.4 is 10.6 Å². The highest BCUT2D eigenvalue weighted by molar-refractivity contribution is 5.81. The van der Waals surface area contributed by atoms with Crippen LogP contribution in [-0.2, 0) is 9.59 Å². The van der Waals surface area contributed by atoms with E-state index < -0.39 is 0 Å². The third-order valence-electron chi connectivity index (χ3n) is 2.74. The van der Waals surface area contributed by atoms with E-state index in [1.54, 1.807) is 11.9 Å². The largest absolute Gasteiger partial charge is 0.353 e. The lowest BCUT2D eigenvalue weighted by Crippen LogP contribution is -2.50. The van der Waals surface area contributed by atoms with Crippen LogP contribution in [0.5, 0.6) is 0 Å². The zero-order valence-electron chi connectivity index (χ0n) is 11.5. The van der Waals surface area contributed by atoms with Crippen molar-refractivity contribution in [3.8, 4) is 0 Å². The molecule has 0 atom stereocenters. The fourth-order valence-corrected chi connectivity index (χ4v) is 1.91. The quantitative estimate of drug-likeness (QED) is 0.654. The van der Waals surface area contributed by atoms with Crippen LogP contribution in [0.4, 0.5) is 0 Å². The van der Waals surface area contributed by atoms with E-state index in [0.29, 0.717) is 6.54 Å². The summed E-state index contributed by atoms with van der Waals surface area (Å²) in [5, 5.41) is 6.02. The molecule has 104 valence electrons. The van der Waals surface area contributed by atoms with Crippen LogP contribution in [0.1, 0.15) is 13.8 Å². The molecule has 0 bridgehead atoms. The lowest BCUT2D eigenvalue weighted by molar-refractivity contribution is -0.133. The summed E-state index contributed by atoms with van der Waals surface area (Å²) in [6.45, 7) is 7.61. The average Bonchev–Trinajstić information content (AvgIpc) is 2.28. The minimum Gasteiger partial charge on any atom is -0.353 e. The van der Waals surface area contributed by atoms with E-state index in [1.165, 1.54) is 0 Å². The summed E-state index contributed by atoms with van der Waals surface area (Å²) in [5.41, 5.74) is 0. The molecule has 0 spiro atoms. The first kappa shape index (κ1) is 14.9. The lowest BCUT2D eigenvalue weighted by Gasteiger charge is -2.29. The van der Waals surface area contributed by atoms with Crippen LogP contribution in [0.3, 0.4) is 0 Å². The van der Waals surface area contributed by atoms with Crippen LogP contribution in [-0.4, -0.2) is 74.0 Å². The van der Waals surface area contributed by atoms with Crippen molar-refractivity contribution >= 4 is 11.8 Å². The lowest BCUT2D eigenvalue weighted by atomic mass is 10.3. The van der Waals surface area contributed by atoms with Gasteiger partial charge in [0, 0.05) is 32.2 Å². The van der Waals surface area contributed by atoms with E-state index in [0.717, 1.165) is 26.2 Å². The Bertz CT molecular complexity index is 288. The smallest absolute Gasteiger partial charge is 0.236 e. The fourth-order valence-electron chi connectivity index (χ4n) is 1.91. The first-order chi connectivity index (χ1) is 8.49. The Balaban J connectivity index is 2.28. The Morgan fingerprint density at radius 2 is 1.89 bits per heavy atom. The first-order valence-electron chi connectivity index (χ1n) is 6.45. The molecule has 1 heterocycles. The number of nitrogens with zero attached hydrogens (tertiary/aromatic N) is 2. The Kier molecular flexibility index (Phi) is 6.07. The number of carbonyl (C=O) groups excluding carboxylic acids is 2. The Labute approximate surface area is 109 Å². The summed E-state index contributed by atoms with van der Waals surface area (Å²) in [6, 6.07) is 0.134. The third-order valence-corrected chi connectivity index (χ3v) is 2.74. The van der Waals surface area contributed by atoms with Gasteiger partial charge in [-0.3, -0.25) is 14.5 Å². The molecule has 0 aromatic carbocycles. The van der Waals surface area contributed by atoms with Crippen molar-refractivity contribution in [2.45, 2.75) is 19.9 Å². The van der Waals surface area contributed by atoms with Gasteiger partial charge in [-0.1, -0.05) is 0 Å². The molecule has 1 rings (SSSR count). The molecule has 0 aromatic heterocycles. The molecular weight excluding hydrogens is 232 g/mol. The van der Waals surface area contributed by atoms with Crippen molar-refractivity contribution in [1.82, 2.24) is 20.4 Å². The number of likely N-dealkylation sites (N-methyl/N-ethyl adjacent to an activating group) is 1. The minimum absolute atomic E-state index is 0.0411. The molecule has 1 saturated heterocycles. The van der Waals surface area contributed by atoms with Gasteiger partial charge in [0.15, 0.2) is 0 Å². The maximum absolute atomic E-state index is 11.9. The molecule has 6 heteroatoms. The molecule has 2 N–H and O–H groups in total. The SMILES string of the molecule is CC(C)NC(=O)CN(C)CC(=O)N1CCNCC1. The fraction of sp³-hybridized carbons (Fsp3) is 0.833. The molecule has 1 fully saturated rings. The van der Waals surface area contributed by atoms with Crippen LogP contribution in [0.25, 0.3) is 0 Å². The number of nitrogens with one attached hydrogen (secondary N) is 2. The summed E-state index contributed by atoms with van der Waals surface area (Å²) in [4.78, 5) is 27.1. The molecule has 2 amide bonds. The highest BCUT2D eigenvalue weighted by atomic mass is 16.2. The second-order valence-corrected chi connectivity index (χ2v) is 5.03. The van der Waals surface area contributed by atoms with Gasteiger partial charge in [0.25, 0.3) is 0 Å². The van der Waals surface area contributed by atoms with Crippen molar-refractivity contribution in [1.29, 1.82) is 0 Å². The summed E-state index contributed by atoms with van der Waals surface area (Å²) < 4.78 is 0. The van der Waals surface area contributed by atoms with Gasteiger partial charge in [-0.15, -0.1) is 0 Å². The van der Waals surface area contributed by atoms with E-state index in [4.69, 9.17) is 0 Å². The van der Waals surface area contributed by atoms with E-state index in [-0.39, 0.29) is 24.4 Å². The number of carbonyl (C=O) groups is 2. The van der Waals surface area contributed by atoms with Crippen LogP contribution in [0, 0.1) is 0 Å². The van der Waals surface area contributed by atoms with Crippen molar-refractivity contribution in [3.63, 3.8) is 0 Å². The summed E-state index contributed by atoms with van der Waals surface area (Å²) in [6.07, 6.45) is 0. The third kappa shape index (κ3) is 5.46. The predicted octanol–water partition coefficient (Wildman–Crippen LogP) is -1.13.